The highest BCUT2D eigenvalue weighted by molar-refractivity contribution is 4.68. The molecule has 1 aliphatic heterocycles. The molecule has 2 N–H and O–H groups in total. The van der Waals surface area contributed by atoms with E-state index in [4.69, 9.17) is 9.47 Å². The summed E-state index contributed by atoms with van der Waals surface area (Å²) in [5.41, 5.74) is 0. The standard InChI is InChI=1S/C9H18O4/c1-2-7(10)3-8(11)4-12-5-9-6-13-9/h7-11H,2-6H2,1H3. The smallest absolute Gasteiger partial charge is 0.104 e. The lowest BCUT2D eigenvalue weighted by Gasteiger charge is -2.13. The fraction of sp³-hybridized carbons (Fsp3) is 1.00. The van der Waals surface area contributed by atoms with Crippen LogP contribution < -0.4 is 0 Å². The van der Waals surface area contributed by atoms with Crippen LogP contribution in [0.15, 0.2) is 0 Å². The van der Waals surface area contributed by atoms with Crippen molar-refractivity contribution >= 4 is 0 Å². The van der Waals surface area contributed by atoms with Crippen LogP contribution in [0.5, 0.6) is 0 Å². The summed E-state index contributed by atoms with van der Waals surface area (Å²) in [5, 5.41) is 18.6. The van der Waals surface area contributed by atoms with E-state index in [9.17, 15) is 10.2 Å². The summed E-state index contributed by atoms with van der Waals surface area (Å²) < 4.78 is 10.1. The highest BCUT2D eigenvalue weighted by atomic mass is 16.6. The Kier molecular flexibility index (Phi) is 4.66. The largest absolute Gasteiger partial charge is 0.393 e. The Labute approximate surface area is 78.5 Å². The third-order valence-electron chi connectivity index (χ3n) is 2.03. The van der Waals surface area contributed by atoms with Gasteiger partial charge in [-0.15, -0.1) is 0 Å². The van der Waals surface area contributed by atoms with Crippen molar-refractivity contribution in [2.24, 2.45) is 0 Å². The van der Waals surface area contributed by atoms with Crippen molar-refractivity contribution in [2.45, 2.75) is 38.1 Å². The number of aliphatic hydroxyl groups is 2. The number of ether oxygens (including phenoxy) is 2. The summed E-state index contributed by atoms with van der Waals surface area (Å²) >= 11 is 0. The number of epoxide rings is 1. The van der Waals surface area contributed by atoms with E-state index in [1.807, 2.05) is 6.92 Å². The molecule has 78 valence electrons. The van der Waals surface area contributed by atoms with Gasteiger partial charge < -0.3 is 19.7 Å². The number of hydrogen-bond acceptors (Lipinski definition) is 4. The first kappa shape index (κ1) is 10.9. The molecule has 3 atom stereocenters. The molecule has 3 unspecified atom stereocenters. The monoisotopic (exact) mass is 190 g/mol. The first-order chi connectivity index (χ1) is 6.22. The Hall–Kier alpha value is -0.160. The molecule has 4 heteroatoms. The fourth-order valence-electron chi connectivity index (χ4n) is 1.05. The van der Waals surface area contributed by atoms with E-state index in [1.165, 1.54) is 0 Å². The average molecular weight is 190 g/mol. The molecule has 0 spiro atoms. The lowest BCUT2D eigenvalue weighted by atomic mass is 10.1. The van der Waals surface area contributed by atoms with E-state index in [-0.39, 0.29) is 12.7 Å². The Morgan fingerprint density at radius 1 is 1.46 bits per heavy atom. The van der Waals surface area contributed by atoms with Gasteiger partial charge in [0.1, 0.15) is 6.10 Å². The average Bonchev–Trinajstić information content (AvgIpc) is 2.88. The lowest BCUT2D eigenvalue weighted by Crippen LogP contribution is -2.22. The molecule has 1 heterocycles. The van der Waals surface area contributed by atoms with Crippen LogP contribution in [0.2, 0.25) is 0 Å². The highest BCUT2D eigenvalue weighted by Gasteiger charge is 2.22. The van der Waals surface area contributed by atoms with E-state index in [1.54, 1.807) is 0 Å². The summed E-state index contributed by atoms with van der Waals surface area (Å²) in [5.74, 6) is 0. The zero-order valence-electron chi connectivity index (χ0n) is 7.98. The number of hydrogen-bond donors (Lipinski definition) is 2. The lowest BCUT2D eigenvalue weighted by molar-refractivity contribution is 0.00258. The van der Waals surface area contributed by atoms with Gasteiger partial charge in [-0.1, -0.05) is 6.92 Å². The number of aliphatic hydroxyl groups excluding tert-OH is 2. The van der Waals surface area contributed by atoms with Crippen LogP contribution in [0, 0.1) is 0 Å². The van der Waals surface area contributed by atoms with Crippen LogP contribution in [0.3, 0.4) is 0 Å². The van der Waals surface area contributed by atoms with Crippen molar-refractivity contribution in [3.63, 3.8) is 0 Å². The van der Waals surface area contributed by atoms with Crippen LogP contribution in [0.25, 0.3) is 0 Å². The Morgan fingerprint density at radius 2 is 2.15 bits per heavy atom. The maximum absolute atomic E-state index is 9.36. The summed E-state index contributed by atoms with van der Waals surface area (Å²) in [7, 11) is 0. The van der Waals surface area contributed by atoms with Crippen molar-refractivity contribution in [2.75, 3.05) is 19.8 Å². The second-order valence-electron chi connectivity index (χ2n) is 3.44. The second kappa shape index (κ2) is 5.54. The molecule has 0 aromatic carbocycles. The Bertz CT molecular complexity index is 136. The predicted octanol–water partition coefficient (Wildman–Crippen LogP) is -0.0763. The van der Waals surface area contributed by atoms with Crippen molar-refractivity contribution in [1.82, 2.24) is 0 Å². The van der Waals surface area contributed by atoms with Gasteiger partial charge in [-0.25, -0.2) is 0 Å². The van der Waals surface area contributed by atoms with Gasteiger partial charge in [0.05, 0.1) is 32.0 Å². The quantitative estimate of drug-likeness (QED) is 0.551. The topological polar surface area (TPSA) is 62.2 Å². The maximum atomic E-state index is 9.36. The molecule has 0 bridgehead atoms. The molecule has 13 heavy (non-hydrogen) atoms. The van der Waals surface area contributed by atoms with E-state index < -0.39 is 12.2 Å². The van der Waals surface area contributed by atoms with Crippen molar-refractivity contribution in [1.29, 1.82) is 0 Å². The van der Waals surface area contributed by atoms with Crippen LogP contribution in [-0.4, -0.2) is 48.3 Å². The summed E-state index contributed by atoms with van der Waals surface area (Å²) in [4.78, 5) is 0. The SMILES string of the molecule is CCC(O)CC(O)COCC1CO1. The minimum absolute atomic E-state index is 0.239. The van der Waals surface area contributed by atoms with Gasteiger partial charge in [0.15, 0.2) is 0 Å². The van der Waals surface area contributed by atoms with E-state index in [0.717, 1.165) is 6.61 Å². The van der Waals surface area contributed by atoms with Gasteiger partial charge in [0.2, 0.25) is 0 Å². The molecule has 1 rings (SSSR count). The third kappa shape index (κ3) is 5.21. The van der Waals surface area contributed by atoms with Gasteiger partial charge in [-0.2, -0.15) is 0 Å². The van der Waals surface area contributed by atoms with Gasteiger partial charge in [-0.05, 0) is 6.42 Å². The van der Waals surface area contributed by atoms with Crippen LogP contribution in [0.1, 0.15) is 19.8 Å². The van der Waals surface area contributed by atoms with Gasteiger partial charge >= 0.3 is 0 Å². The van der Waals surface area contributed by atoms with Gasteiger partial charge in [0, 0.05) is 6.42 Å². The van der Waals surface area contributed by atoms with Crippen molar-refractivity contribution in [3.8, 4) is 0 Å². The molecule has 0 saturated carbocycles. The molecular weight excluding hydrogens is 172 g/mol. The minimum Gasteiger partial charge on any atom is -0.393 e. The Morgan fingerprint density at radius 3 is 2.69 bits per heavy atom. The predicted molar refractivity (Wildman–Crippen MR) is 47.5 cm³/mol. The highest BCUT2D eigenvalue weighted by Crippen LogP contribution is 2.09. The summed E-state index contributed by atoms with van der Waals surface area (Å²) in [6.45, 7) is 3.50. The molecule has 0 aliphatic carbocycles. The fourth-order valence-corrected chi connectivity index (χ4v) is 1.05. The molecule has 0 radical (unpaired) electrons. The van der Waals surface area contributed by atoms with Gasteiger partial charge in [0.25, 0.3) is 0 Å². The minimum atomic E-state index is -0.561. The van der Waals surface area contributed by atoms with Crippen molar-refractivity contribution in [3.05, 3.63) is 0 Å². The van der Waals surface area contributed by atoms with Crippen molar-refractivity contribution < 1.29 is 19.7 Å². The number of rotatable bonds is 7. The molecule has 0 amide bonds. The zero-order valence-corrected chi connectivity index (χ0v) is 7.98. The van der Waals surface area contributed by atoms with E-state index in [2.05, 4.69) is 0 Å². The second-order valence-corrected chi connectivity index (χ2v) is 3.44. The Balaban J connectivity index is 1.92. The molecule has 4 nitrogen and oxygen atoms in total. The molecule has 0 aromatic heterocycles. The molecule has 0 aromatic rings. The normalized spacial score (nSPS) is 25.6. The summed E-state index contributed by atoms with van der Waals surface area (Å²) in [6.07, 6.45) is 0.318. The summed E-state index contributed by atoms with van der Waals surface area (Å²) in [6, 6.07) is 0. The van der Waals surface area contributed by atoms with Gasteiger partial charge in [-0.3, -0.25) is 0 Å². The van der Waals surface area contributed by atoms with Crippen LogP contribution >= 0.6 is 0 Å². The van der Waals surface area contributed by atoms with E-state index in [0.29, 0.717) is 19.4 Å². The van der Waals surface area contributed by atoms with Crippen LogP contribution in [-0.2, 0) is 9.47 Å². The first-order valence-electron chi connectivity index (χ1n) is 4.77. The zero-order chi connectivity index (χ0) is 9.68. The molecule has 1 aliphatic rings. The first-order valence-corrected chi connectivity index (χ1v) is 4.77. The van der Waals surface area contributed by atoms with E-state index >= 15 is 0 Å². The molecule has 1 saturated heterocycles. The third-order valence-corrected chi connectivity index (χ3v) is 2.03. The van der Waals surface area contributed by atoms with Crippen LogP contribution in [0.4, 0.5) is 0 Å². The molecular formula is C9H18O4. The molecule has 1 fully saturated rings. The maximum Gasteiger partial charge on any atom is 0.104 e.